The van der Waals surface area contributed by atoms with Crippen molar-refractivity contribution in [1.82, 2.24) is 20.1 Å². The maximum Gasteiger partial charge on any atom is 0.317 e. The third-order valence-electron chi connectivity index (χ3n) is 3.66. The number of nitrogens with one attached hydrogen (secondary N) is 1. The van der Waals surface area contributed by atoms with Crippen LogP contribution in [0.15, 0.2) is 18.3 Å². The zero-order valence-electron chi connectivity index (χ0n) is 13.9. The number of amides is 2. The Morgan fingerprint density at radius 1 is 1.33 bits per heavy atom. The smallest absolute Gasteiger partial charge is 0.317 e. The fourth-order valence-electron chi connectivity index (χ4n) is 1.80. The van der Waals surface area contributed by atoms with E-state index in [1.807, 2.05) is 12.3 Å². The SMILES string of the molecule is CCc1ccc(CN(C)C(=O)NCCN(C)C(C)C)nc1. The number of carbonyl (C=O) groups excluding carboxylic acids is 1. The summed E-state index contributed by atoms with van der Waals surface area (Å²) in [5, 5.41) is 2.93. The first-order valence-corrected chi connectivity index (χ1v) is 7.57. The van der Waals surface area contributed by atoms with Crippen LogP contribution in [0.3, 0.4) is 0 Å². The molecule has 0 aromatic carbocycles. The van der Waals surface area contributed by atoms with Crippen molar-refractivity contribution in [3.8, 4) is 0 Å². The topological polar surface area (TPSA) is 48.5 Å². The van der Waals surface area contributed by atoms with Crippen LogP contribution in [-0.4, -0.2) is 54.0 Å². The van der Waals surface area contributed by atoms with Crippen LogP contribution in [0.25, 0.3) is 0 Å². The second-order valence-electron chi connectivity index (χ2n) is 5.67. The van der Waals surface area contributed by atoms with Crippen molar-refractivity contribution in [2.45, 2.75) is 39.8 Å². The Kier molecular flexibility index (Phi) is 7.15. The molecule has 0 spiro atoms. The van der Waals surface area contributed by atoms with Crippen molar-refractivity contribution in [1.29, 1.82) is 0 Å². The van der Waals surface area contributed by atoms with Gasteiger partial charge in [0.15, 0.2) is 0 Å². The van der Waals surface area contributed by atoms with Gasteiger partial charge in [0.1, 0.15) is 0 Å². The number of rotatable bonds is 7. The van der Waals surface area contributed by atoms with Crippen LogP contribution in [0.2, 0.25) is 0 Å². The van der Waals surface area contributed by atoms with E-state index < -0.39 is 0 Å². The van der Waals surface area contributed by atoms with E-state index in [4.69, 9.17) is 0 Å². The molecule has 2 amide bonds. The first-order valence-electron chi connectivity index (χ1n) is 7.57. The predicted octanol–water partition coefficient (Wildman–Crippen LogP) is 2.13. The standard InChI is InChI=1S/C16H28N4O/c1-6-14-7-8-15(18-11-14)12-20(5)16(21)17-9-10-19(4)13(2)3/h7-8,11,13H,6,9-10,12H2,1-5H3,(H,17,21). The summed E-state index contributed by atoms with van der Waals surface area (Å²) in [4.78, 5) is 20.2. The Labute approximate surface area is 128 Å². The molecule has 1 N–H and O–H groups in total. The van der Waals surface area contributed by atoms with Crippen LogP contribution in [0.1, 0.15) is 32.0 Å². The molecular weight excluding hydrogens is 264 g/mol. The first kappa shape index (κ1) is 17.4. The first-order chi connectivity index (χ1) is 9.93. The average Bonchev–Trinajstić information content (AvgIpc) is 2.47. The van der Waals surface area contributed by atoms with Gasteiger partial charge in [-0.2, -0.15) is 0 Å². The number of hydrogen-bond acceptors (Lipinski definition) is 3. The van der Waals surface area contributed by atoms with Gasteiger partial charge in [-0.1, -0.05) is 13.0 Å². The highest BCUT2D eigenvalue weighted by molar-refractivity contribution is 5.73. The Bertz CT molecular complexity index is 430. The average molecular weight is 292 g/mol. The van der Waals surface area contributed by atoms with E-state index in [-0.39, 0.29) is 6.03 Å². The van der Waals surface area contributed by atoms with Crippen LogP contribution in [0, 0.1) is 0 Å². The Morgan fingerprint density at radius 3 is 2.57 bits per heavy atom. The van der Waals surface area contributed by atoms with Crippen LogP contribution >= 0.6 is 0 Å². The molecule has 0 saturated carbocycles. The highest BCUT2D eigenvalue weighted by atomic mass is 16.2. The van der Waals surface area contributed by atoms with Gasteiger partial charge in [0, 0.05) is 32.4 Å². The highest BCUT2D eigenvalue weighted by Crippen LogP contribution is 2.03. The van der Waals surface area contributed by atoms with Gasteiger partial charge in [-0.3, -0.25) is 4.98 Å². The summed E-state index contributed by atoms with van der Waals surface area (Å²) in [6.07, 6.45) is 2.85. The van der Waals surface area contributed by atoms with Gasteiger partial charge in [-0.25, -0.2) is 4.79 Å². The van der Waals surface area contributed by atoms with Crippen molar-refractivity contribution in [2.24, 2.45) is 0 Å². The zero-order valence-corrected chi connectivity index (χ0v) is 13.9. The molecule has 5 nitrogen and oxygen atoms in total. The van der Waals surface area contributed by atoms with Crippen LogP contribution in [-0.2, 0) is 13.0 Å². The van der Waals surface area contributed by atoms with Gasteiger partial charge in [0.2, 0.25) is 0 Å². The number of pyridine rings is 1. The van der Waals surface area contributed by atoms with Crippen molar-refractivity contribution >= 4 is 6.03 Å². The molecule has 1 aromatic rings. The molecule has 0 atom stereocenters. The lowest BCUT2D eigenvalue weighted by Gasteiger charge is -2.22. The summed E-state index contributed by atoms with van der Waals surface area (Å²) in [6, 6.07) is 4.47. The van der Waals surface area contributed by atoms with Gasteiger partial charge in [0.05, 0.1) is 12.2 Å². The third kappa shape index (κ3) is 6.12. The minimum Gasteiger partial charge on any atom is -0.337 e. The van der Waals surface area contributed by atoms with Crippen LogP contribution in [0.5, 0.6) is 0 Å². The lowest BCUT2D eigenvalue weighted by atomic mass is 10.2. The van der Waals surface area contributed by atoms with Gasteiger partial charge < -0.3 is 15.1 Å². The van der Waals surface area contributed by atoms with E-state index in [1.165, 1.54) is 5.56 Å². The van der Waals surface area contributed by atoms with Gasteiger partial charge in [-0.05, 0) is 38.9 Å². The summed E-state index contributed by atoms with van der Waals surface area (Å²) >= 11 is 0. The summed E-state index contributed by atoms with van der Waals surface area (Å²) < 4.78 is 0. The molecule has 1 aromatic heterocycles. The largest absolute Gasteiger partial charge is 0.337 e. The number of carbonyl (C=O) groups is 1. The second-order valence-corrected chi connectivity index (χ2v) is 5.67. The maximum absolute atomic E-state index is 12.0. The molecule has 0 radical (unpaired) electrons. The molecule has 0 fully saturated rings. The normalized spacial score (nSPS) is 11.0. The third-order valence-corrected chi connectivity index (χ3v) is 3.66. The molecule has 1 heterocycles. The minimum atomic E-state index is -0.0616. The predicted molar refractivity (Wildman–Crippen MR) is 86.2 cm³/mol. The van der Waals surface area contributed by atoms with E-state index in [1.54, 1.807) is 11.9 Å². The van der Waals surface area contributed by atoms with Crippen molar-refractivity contribution in [3.05, 3.63) is 29.6 Å². The lowest BCUT2D eigenvalue weighted by Crippen LogP contribution is -2.41. The zero-order chi connectivity index (χ0) is 15.8. The molecule has 0 saturated heterocycles. The number of aromatic nitrogens is 1. The number of aryl methyl sites for hydroxylation is 1. The number of hydrogen-bond donors (Lipinski definition) is 1. The molecule has 21 heavy (non-hydrogen) atoms. The maximum atomic E-state index is 12.0. The number of urea groups is 1. The van der Waals surface area contributed by atoms with Crippen LogP contribution in [0.4, 0.5) is 4.79 Å². The molecule has 0 aliphatic heterocycles. The van der Waals surface area contributed by atoms with E-state index in [9.17, 15) is 4.79 Å². The van der Waals surface area contributed by atoms with E-state index in [0.29, 0.717) is 19.1 Å². The Morgan fingerprint density at radius 2 is 2.05 bits per heavy atom. The molecular formula is C16H28N4O. The van der Waals surface area contributed by atoms with Gasteiger partial charge in [-0.15, -0.1) is 0 Å². The van der Waals surface area contributed by atoms with Crippen molar-refractivity contribution in [3.63, 3.8) is 0 Å². The monoisotopic (exact) mass is 292 g/mol. The number of likely N-dealkylation sites (N-methyl/N-ethyl adjacent to an activating group) is 1. The van der Waals surface area contributed by atoms with E-state index in [0.717, 1.165) is 18.7 Å². The highest BCUT2D eigenvalue weighted by Gasteiger charge is 2.10. The van der Waals surface area contributed by atoms with Gasteiger partial charge >= 0.3 is 6.03 Å². The molecule has 118 valence electrons. The summed E-state index contributed by atoms with van der Waals surface area (Å²) in [5.41, 5.74) is 2.12. The molecule has 0 unspecified atom stereocenters. The molecule has 1 rings (SSSR count). The minimum absolute atomic E-state index is 0.0616. The molecule has 0 aliphatic carbocycles. The molecule has 5 heteroatoms. The Balaban J connectivity index is 2.36. The fourth-order valence-corrected chi connectivity index (χ4v) is 1.80. The van der Waals surface area contributed by atoms with Gasteiger partial charge in [0.25, 0.3) is 0 Å². The van der Waals surface area contributed by atoms with Crippen molar-refractivity contribution in [2.75, 3.05) is 27.2 Å². The quantitative estimate of drug-likeness (QED) is 0.837. The van der Waals surface area contributed by atoms with E-state index in [2.05, 4.69) is 49.1 Å². The number of nitrogens with zero attached hydrogens (tertiary/aromatic N) is 3. The Hall–Kier alpha value is -1.62. The molecule has 0 aliphatic rings. The summed E-state index contributed by atoms with van der Waals surface area (Å²) in [6.45, 7) is 8.40. The molecule has 0 bridgehead atoms. The van der Waals surface area contributed by atoms with Crippen LogP contribution < -0.4 is 5.32 Å². The second kappa shape index (κ2) is 8.62. The van der Waals surface area contributed by atoms with E-state index >= 15 is 0 Å². The fraction of sp³-hybridized carbons (Fsp3) is 0.625. The van der Waals surface area contributed by atoms with Crippen molar-refractivity contribution < 1.29 is 4.79 Å². The summed E-state index contributed by atoms with van der Waals surface area (Å²) in [5.74, 6) is 0. The lowest BCUT2D eigenvalue weighted by molar-refractivity contribution is 0.202. The summed E-state index contributed by atoms with van der Waals surface area (Å²) in [7, 11) is 3.84.